The van der Waals surface area contributed by atoms with Crippen molar-refractivity contribution in [2.45, 2.75) is 25.9 Å². The number of rotatable bonds is 6. The van der Waals surface area contributed by atoms with Gasteiger partial charge in [0.2, 0.25) is 0 Å². The molecule has 21 heavy (non-hydrogen) atoms. The van der Waals surface area contributed by atoms with Gasteiger partial charge in [-0.2, -0.15) is 18.3 Å². The monoisotopic (exact) mass is 302 g/mol. The molecule has 0 aliphatic heterocycles. The average molecular weight is 302 g/mol. The first kappa shape index (κ1) is 15.6. The molecule has 0 aliphatic rings. The largest absolute Gasteiger partial charge is 0.435 e. The minimum atomic E-state index is -4.49. The molecule has 2 aromatic heterocycles. The van der Waals surface area contributed by atoms with Gasteiger partial charge in [-0.1, -0.05) is 13.3 Å². The summed E-state index contributed by atoms with van der Waals surface area (Å²) < 4.78 is 39.4. The third-order valence-corrected chi connectivity index (χ3v) is 3.11. The Morgan fingerprint density at radius 1 is 1.33 bits per heavy atom. The van der Waals surface area contributed by atoms with E-state index in [0.717, 1.165) is 18.9 Å². The van der Waals surface area contributed by atoms with Crippen molar-refractivity contribution in [3.8, 4) is 0 Å². The summed E-state index contributed by atoms with van der Waals surface area (Å²) in [6.45, 7) is 2.87. The van der Waals surface area contributed by atoms with E-state index in [0.29, 0.717) is 18.9 Å². The van der Waals surface area contributed by atoms with Crippen LogP contribution in [0.1, 0.15) is 25.5 Å². The van der Waals surface area contributed by atoms with Crippen molar-refractivity contribution in [2.24, 2.45) is 0 Å². The van der Waals surface area contributed by atoms with Crippen LogP contribution in [0.15, 0.2) is 18.5 Å². The van der Waals surface area contributed by atoms with Crippen molar-refractivity contribution in [3.05, 3.63) is 24.2 Å². The fraction of sp³-hybridized carbons (Fsp3) is 0.538. The smallest absolute Gasteiger partial charge is 0.395 e. The molecular weight excluding hydrogens is 285 g/mol. The molecule has 0 fully saturated rings. The highest BCUT2D eigenvalue weighted by Crippen LogP contribution is 2.30. The zero-order valence-corrected chi connectivity index (χ0v) is 11.6. The molecule has 0 aromatic carbocycles. The van der Waals surface area contributed by atoms with E-state index < -0.39 is 11.9 Å². The Labute approximate surface area is 120 Å². The third kappa shape index (κ3) is 3.44. The summed E-state index contributed by atoms with van der Waals surface area (Å²) in [5.74, 6) is 0.406. The molecule has 8 heteroatoms. The third-order valence-electron chi connectivity index (χ3n) is 3.11. The van der Waals surface area contributed by atoms with Crippen LogP contribution in [0.25, 0.3) is 5.52 Å². The van der Waals surface area contributed by atoms with E-state index in [-0.39, 0.29) is 12.1 Å². The maximum absolute atomic E-state index is 12.8. The highest BCUT2D eigenvalue weighted by atomic mass is 19.4. The summed E-state index contributed by atoms with van der Waals surface area (Å²) in [4.78, 5) is 5.94. The molecule has 116 valence electrons. The number of anilines is 1. The molecule has 5 nitrogen and oxygen atoms in total. The number of aromatic nitrogens is 3. The first-order valence-corrected chi connectivity index (χ1v) is 6.74. The van der Waals surface area contributed by atoms with Crippen LogP contribution in [0.3, 0.4) is 0 Å². The van der Waals surface area contributed by atoms with Gasteiger partial charge in [0.05, 0.1) is 6.61 Å². The molecule has 1 N–H and O–H groups in total. The van der Waals surface area contributed by atoms with Crippen LogP contribution >= 0.6 is 0 Å². The van der Waals surface area contributed by atoms with Crippen molar-refractivity contribution in [2.75, 3.05) is 24.6 Å². The van der Waals surface area contributed by atoms with Crippen LogP contribution in [-0.2, 0) is 6.18 Å². The standard InChI is InChI=1S/C13H17F3N4O/c1-2-3-5-19(7-8-21)12-10-9-11(13(14,15)16)18-20(10)6-4-17-12/h4,6,9,21H,2-3,5,7-8H2,1H3. The van der Waals surface area contributed by atoms with E-state index in [1.165, 1.54) is 16.9 Å². The van der Waals surface area contributed by atoms with Crippen LogP contribution in [-0.4, -0.2) is 39.4 Å². The Balaban J connectivity index is 2.44. The van der Waals surface area contributed by atoms with Crippen LogP contribution in [0.2, 0.25) is 0 Å². The quantitative estimate of drug-likeness (QED) is 0.890. The lowest BCUT2D eigenvalue weighted by Gasteiger charge is -2.23. The fourth-order valence-electron chi connectivity index (χ4n) is 2.08. The van der Waals surface area contributed by atoms with E-state index in [4.69, 9.17) is 5.11 Å². The molecule has 0 amide bonds. The van der Waals surface area contributed by atoms with Crippen molar-refractivity contribution >= 4 is 11.3 Å². The van der Waals surface area contributed by atoms with E-state index in [1.807, 2.05) is 6.92 Å². The van der Waals surface area contributed by atoms with E-state index in [2.05, 4.69) is 10.1 Å². The molecule has 2 aromatic rings. The highest BCUT2D eigenvalue weighted by Gasteiger charge is 2.34. The number of aliphatic hydroxyl groups is 1. The van der Waals surface area contributed by atoms with Gasteiger partial charge in [0, 0.05) is 31.5 Å². The predicted molar refractivity (Wildman–Crippen MR) is 72.2 cm³/mol. The lowest BCUT2D eigenvalue weighted by atomic mass is 10.3. The van der Waals surface area contributed by atoms with Gasteiger partial charge in [0.25, 0.3) is 0 Å². The molecule has 0 atom stereocenters. The molecule has 0 spiro atoms. The molecule has 0 aliphatic carbocycles. The first-order valence-electron chi connectivity index (χ1n) is 6.74. The minimum absolute atomic E-state index is 0.0906. The second-order valence-corrected chi connectivity index (χ2v) is 4.67. The number of hydrogen-bond donors (Lipinski definition) is 1. The summed E-state index contributed by atoms with van der Waals surface area (Å²) >= 11 is 0. The van der Waals surface area contributed by atoms with Crippen LogP contribution in [0.5, 0.6) is 0 Å². The zero-order chi connectivity index (χ0) is 15.5. The van der Waals surface area contributed by atoms with Crippen LogP contribution < -0.4 is 4.90 Å². The molecule has 0 bridgehead atoms. The van der Waals surface area contributed by atoms with Crippen molar-refractivity contribution in [1.29, 1.82) is 0 Å². The SMILES string of the molecule is CCCCN(CCO)c1nccn2nc(C(F)(F)F)cc12. The van der Waals surface area contributed by atoms with Gasteiger partial charge in [0.15, 0.2) is 11.5 Å². The first-order chi connectivity index (χ1) is 9.97. The number of alkyl halides is 3. The lowest BCUT2D eigenvalue weighted by molar-refractivity contribution is -0.141. The van der Waals surface area contributed by atoms with Crippen LogP contribution in [0, 0.1) is 0 Å². The van der Waals surface area contributed by atoms with Gasteiger partial charge in [-0.05, 0) is 6.42 Å². The van der Waals surface area contributed by atoms with Crippen molar-refractivity contribution < 1.29 is 18.3 Å². The van der Waals surface area contributed by atoms with Gasteiger partial charge in [-0.3, -0.25) is 0 Å². The van der Waals surface area contributed by atoms with Gasteiger partial charge in [-0.15, -0.1) is 0 Å². The lowest BCUT2D eigenvalue weighted by Crippen LogP contribution is -2.29. The second kappa shape index (κ2) is 6.30. The van der Waals surface area contributed by atoms with E-state index in [9.17, 15) is 13.2 Å². The maximum atomic E-state index is 12.8. The van der Waals surface area contributed by atoms with Crippen LogP contribution in [0.4, 0.5) is 19.0 Å². The molecule has 0 saturated carbocycles. The number of nitrogens with zero attached hydrogens (tertiary/aromatic N) is 4. The van der Waals surface area contributed by atoms with Gasteiger partial charge in [0.1, 0.15) is 5.52 Å². The number of halogens is 3. The van der Waals surface area contributed by atoms with Crippen molar-refractivity contribution in [1.82, 2.24) is 14.6 Å². The summed E-state index contributed by atoms with van der Waals surface area (Å²) in [6.07, 6.45) is 0.104. The minimum Gasteiger partial charge on any atom is -0.395 e. The van der Waals surface area contributed by atoms with E-state index in [1.54, 1.807) is 4.90 Å². The molecule has 0 saturated heterocycles. The summed E-state index contributed by atoms with van der Waals surface area (Å²) in [7, 11) is 0. The van der Waals surface area contributed by atoms with Gasteiger partial charge < -0.3 is 10.0 Å². The summed E-state index contributed by atoms with van der Waals surface area (Å²) in [5.41, 5.74) is -0.662. The average Bonchev–Trinajstić information content (AvgIpc) is 2.87. The Bertz CT molecular complexity index is 597. The maximum Gasteiger partial charge on any atom is 0.435 e. The van der Waals surface area contributed by atoms with Gasteiger partial charge >= 0.3 is 6.18 Å². The second-order valence-electron chi connectivity index (χ2n) is 4.67. The van der Waals surface area contributed by atoms with Crippen molar-refractivity contribution in [3.63, 3.8) is 0 Å². The predicted octanol–water partition coefficient (Wildman–Crippen LogP) is 2.35. The fourth-order valence-corrected chi connectivity index (χ4v) is 2.08. The molecular formula is C13H17F3N4O. The molecule has 2 rings (SSSR count). The number of hydrogen-bond acceptors (Lipinski definition) is 4. The molecule has 0 radical (unpaired) electrons. The Hall–Kier alpha value is -1.83. The number of unbranched alkanes of at least 4 members (excludes halogenated alkanes) is 1. The molecule has 0 unspecified atom stereocenters. The van der Waals surface area contributed by atoms with Gasteiger partial charge in [-0.25, -0.2) is 9.50 Å². The Kier molecular flexibility index (Phi) is 4.66. The summed E-state index contributed by atoms with van der Waals surface area (Å²) in [6, 6.07) is 0.985. The Morgan fingerprint density at radius 3 is 2.71 bits per heavy atom. The zero-order valence-electron chi connectivity index (χ0n) is 11.6. The summed E-state index contributed by atoms with van der Waals surface area (Å²) in [5, 5.41) is 12.7. The number of fused-ring (bicyclic) bond motifs is 1. The normalized spacial score (nSPS) is 12.0. The topological polar surface area (TPSA) is 53.7 Å². The Morgan fingerprint density at radius 2 is 2.10 bits per heavy atom. The molecule has 2 heterocycles. The highest BCUT2D eigenvalue weighted by molar-refractivity contribution is 5.69. The van der Waals surface area contributed by atoms with E-state index >= 15 is 0 Å². The number of aliphatic hydroxyl groups excluding tert-OH is 1.